The van der Waals surface area contributed by atoms with E-state index in [2.05, 4.69) is 0 Å². The van der Waals surface area contributed by atoms with Gasteiger partial charge in [-0.1, -0.05) is 19.3 Å². The summed E-state index contributed by atoms with van der Waals surface area (Å²) in [5.41, 5.74) is 1.25. The molecule has 1 saturated carbocycles. The molecule has 28 heavy (non-hydrogen) atoms. The van der Waals surface area contributed by atoms with Gasteiger partial charge in [0, 0.05) is 38.9 Å². The lowest BCUT2D eigenvalue weighted by Gasteiger charge is -2.41. The normalized spacial score (nSPS) is 24.3. The first-order chi connectivity index (χ1) is 13.6. The van der Waals surface area contributed by atoms with E-state index in [0.717, 1.165) is 25.4 Å². The quantitative estimate of drug-likeness (QED) is 0.578. The second-order valence-electron chi connectivity index (χ2n) is 8.21. The van der Waals surface area contributed by atoms with Crippen molar-refractivity contribution < 1.29 is 19.1 Å². The van der Waals surface area contributed by atoms with E-state index in [4.69, 9.17) is 4.74 Å². The van der Waals surface area contributed by atoms with Crippen LogP contribution in [0.25, 0.3) is 0 Å². The lowest BCUT2D eigenvalue weighted by molar-refractivity contribution is 0.0520. The smallest absolute Gasteiger partial charge is 0.261 e. The van der Waals surface area contributed by atoms with Crippen LogP contribution in [0, 0.1) is 11.8 Å². The summed E-state index contributed by atoms with van der Waals surface area (Å²) in [6.45, 7) is 2.43. The number of likely N-dealkylation sites (tertiary alicyclic amines) is 1. The summed E-state index contributed by atoms with van der Waals surface area (Å²) < 4.78 is 5.01. The first-order valence-electron chi connectivity index (χ1n) is 10.4. The number of fused-ring (bicyclic) bond motifs is 2. The van der Waals surface area contributed by atoms with Crippen molar-refractivity contribution in [3.63, 3.8) is 0 Å². The van der Waals surface area contributed by atoms with Crippen LogP contribution in [0.2, 0.25) is 0 Å². The maximum absolute atomic E-state index is 13.1. The van der Waals surface area contributed by atoms with Crippen LogP contribution in [0.3, 0.4) is 0 Å². The Hall–Kier alpha value is -2.21. The second kappa shape index (κ2) is 8.03. The van der Waals surface area contributed by atoms with Gasteiger partial charge in [-0.3, -0.25) is 19.3 Å². The minimum Gasteiger partial charge on any atom is -0.385 e. The highest BCUT2D eigenvalue weighted by atomic mass is 16.5. The molecular formula is C22H28N2O4. The number of carbonyl (C=O) groups is 3. The van der Waals surface area contributed by atoms with Gasteiger partial charge in [-0.2, -0.15) is 0 Å². The van der Waals surface area contributed by atoms with Gasteiger partial charge in [-0.25, -0.2) is 0 Å². The molecule has 0 aromatic heterocycles. The van der Waals surface area contributed by atoms with Gasteiger partial charge in [0.05, 0.1) is 11.1 Å². The van der Waals surface area contributed by atoms with E-state index < -0.39 is 0 Å². The van der Waals surface area contributed by atoms with Crippen LogP contribution in [-0.2, 0) is 4.74 Å². The minimum atomic E-state index is -0.309. The standard InChI is InChI=1S/C22H28N2O4/c1-28-12-4-10-24-21(26)18-8-7-16(13-19(18)22(24)27)20(25)23-11-9-15-5-2-3-6-17(15)14-23/h7-8,13,15,17H,2-6,9-12,14H2,1H3/t15-,17+/m0/s1. The van der Waals surface area contributed by atoms with Gasteiger partial charge >= 0.3 is 0 Å². The summed E-state index contributed by atoms with van der Waals surface area (Å²) in [5.74, 6) is 0.762. The summed E-state index contributed by atoms with van der Waals surface area (Å²) in [5, 5.41) is 0. The fraction of sp³-hybridized carbons (Fsp3) is 0.591. The van der Waals surface area contributed by atoms with Gasteiger partial charge in [0.25, 0.3) is 17.7 Å². The molecule has 2 fully saturated rings. The molecule has 0 N–H and O–H groups in total. The first kappa shape index (κ1) is 19.1. The number of ether oxygens (including phenoxy) is 1. The van der Waals surface area contributed by atoms with Crippen LogP contribution in [0.4, 0.5) is 0 Å². The molecule has 2 heterocycles. The highest BCUT2D eigenvalue weighted by Gasteiger charge is 2.37. The molecule has 2 atom stereocenters. The van der Waals surface area contributed by atoms with Crippen molar-refractivity contribution in [2.24, 2.45) is 11.8 Å². The van der Waals surface area contributed by atoms with Crippen LogP contribution in [0.15, 0.2) is 18.2 Å². The lowest BCUT2D eigenvalue weighted by atomic mass is 9.75. The minimum absolute atomic E-state index is 0.0232. The zero-order chi connectivity index (χ0) is 19.7. The molecule has 4 rings (SSSR count). The zero-order valence-electron chi connectivity index (χ0n) is 16.5. The van der Waals surface area contributed by atoms with Crippen LogP contribution in [0.5, 0.6) is 0 Å². The molecular weight excluding hydrogens is 356 g/mol. The van der Waals surface area contributed by atoms with Gasteiger partial charge < -0.3 is 9.64 Å². The summed E-state index contributed by atoms with van der Waals surface area (Å²) in [6.07, 6.45) is 6.76. The largest absolute Gasteiger partial charge is 0.385 e. The molecule has 3 aliphatic rings. The Morgan fingerprint density at radius 1 is 1.07 bits per heavy atom. The van der Waals surface area contributed by atoms with E-state index in [0.29, 0.717) is 42.2 Å². The fourth-order valence-corrected chi connectivity index (χ4v) is 4.96. The zero-order valence-corrected chi connectivity index (χ0v) is 16.5. The van der Waals surface area contributed by atoms with E-state index in [1.54, 1.807) is 25.3 Å². The van der Waals surface area contributed by atoms with E-state index in [-0.39, 0.29) is 17.7 Å². The maximum Gasteiger partial charge on any atom is 0.261 e. The number of amides is 3. The molecule has 1 aromatic carbocycles. The Morgan fingerprint density at radius 3 is 2.61 bits per heavy atom. The highest BCUT2D eigenvalue weighted by Crippen LogP contribution is 2.36. The summed E-state index contributed by atoms with van der Waals surface area (Å²) in [7, 11) is 1.59. The SMILES string of the molecule is COCCCN1C(=O)c2ccc(C(=O)N3CC[C@@H]4CCCC[C@@H]4C3)cc2C1=O. The Balaban J connectivity index is 1.48. The average molecular weight is 384 g/mol. The third-order valence-corrected chi connectivity index (χ3v) is 6.53. The van der Waals surface area contributed by atoms with Crippen molar-refractivity contribution in [3.8, 4) is 0 Å². The van der Waals surface area contributed by atoms with Crippen molar-refractivity contribution in [2.45, 2.75) is 38.5 Å². The Bertz CT molecular complexity index is 791. The third-order valence-electron chi connectivity index (χ3n) is 6.53. The average Bonchev–Trinajstić information content (AvgIpc) is 2.97. The van der Waals surface area contributed by atoms with E-state index >= 15 is 0 Å². The fourth-order valence-electron chi connectivity index (χ4n) is 4.96. The Morgan fingerprint density at radius 2 is 1.82 bits per heavy atom. The number of carbonyl (C=O) groups excluding carboxylic acids is 3. The number of imide groups is 1. The van der Waals surface area contributed by atoms with E-state index in [1.807, 2.05) is 4.90 Å². The Labute approximate surface area is 165 Å². The number of hydrogen-bond donors (Lipinski definition) is 0. The predicted octanol–water partition coefficient (Wildman–Crippen LogP) is 2.97. The first-order valence-corrected chi connectivity index (χ1v) is 10.4. The predicted molar refractivity (Wildman–Crippen MR) is 104 cm³/mol. The molecule has 150 valence electrons. The summed E-state index contributed by atoms with van der Waals surface area (Å²) in [4.78, 5) is 41.4. The van der Waals surface area contributed by atoms with Gasteiger partial charge in [-0.05, 0) is 49.3 Å². The Kier molecular flexibility index (Phi) is 5.49. The monoisotopic (exact) mass is 384 g/mol. The molecule has 1 aliphatic carbocycles. The van der Waals surface area contributed by atoms with Crippen molar-refractivity contribution in [1.29, 1.82) is 0 Å². The van der Waals surface area contributed by atoms with Gasteiger partial charge in [0.1, 0.15) is 0 Å². The van der Waals surface area contributed by atoms with Gasteiger partial charge in [0.15, 0.2) is 0 Å². The number of piperidine rings is 1. The second-order valence-corrected chi connectivity index (χ2v) is 8.21. The topological polar surface area (TPSA) is 66.9 Å². The van der Waals surface area contributed by atoms with E-state index in [9.17, 15) is 14.4 Å². The third kappa shape index (κ3) is 3.46. The van der Waals surface area contributed by atoms with Crippen molar-refractivity contribution >= 4 is 17.7 Å². The van der Waals surface area contributed by atoms with Crippen LogP contribution in [0.1, 0.15) is 69.6 Å². The number of nitrogens with zero attached hydrogens (tertiary/aromatic N) is 2. The molecule has 6 heteroatoms. The summed E-state index contributed by atoms with van der Waals surface area (Å²) >= 11 is 0. The molecule has 0 radical (unpaired) electrons. The molecule has 1 aromatic rings. The highest BCUT2D eigenvalue weighted by molar-refractivity contribution is 6.22. The van der Waals surface area contributed by atoms with Gasteiger partial charge in [0.2, 0.25) is 0 Å². The van der Waals surface area contributed by atoms with Crippen molar-refractivity contribution in [2.75, 3.05) is 33.4 Å². The maximum atomic E-state index is 13.1. The summed E-state index contributed by atoms with van der Waals surface area (Å²) in [6, 6.07) is 4.94. The number of hydrogen-bond acceptors (Lipinski definition) is 4. The number of rotatable bonds is 5. The molecule has 0 bridgehead atoms. The lowest BCUT2D eigenvalue weighted by Crippen LogP contribution is -2.44. The number of benzene rings is 1. The van der Waals surface area contributed by atoms with Crippen LogP contribution < -0.4 is 0 Å². The number of methoxy groups -OCH3 is 1. The van der Waals surface area contributed by atoms with E-state index in [1.165, 1.54) is 30.6 Å². The molecule has 2 aliphatic heterocycles. The molecule has 0 unspecified atom stereocenters. The van der Waals surface area contributed by atoms with Crippen LogP contribution >= 0.6 is 0 Å². The molecule has 6 nitrogen and oxygen atoms in total. The van der Waals surface area contributed by atoms with Crippen molar-refractivity contribution in [1.82, 2.24) is 9.80 Å². The molecule has 0 spiro atoms. The van der Waals surface area contributed by atoms with Gasteiger partial charge in [-0.15, -0.1) is 0 Å². The van der Waals surface area contributed by atoms with Crippen LogP contribution in [-0.4, -0.2) is 60.9 Å². The van der Waals surface area contributed by atoms with Crippen molar-refractivity contribution in [3.05, 3.63) is 34.9 Å². The molecule has 3 amide bonds. The molecule has 1 saturated heterocycles.